The SMILES string of the molecule is [CH2]CC(C)N1CCN(c2ccc(OC)cc2)CC1. The molecule has 99 valence electrons. The smallest absolute Gasteiger partial charge is 0.119 e. The summed E-state index contributed by atoms with van der Waals surface area (Å²) >= 11 is 0. The van der Waals surface area contributed by atoms with Gasteiger partial charge in [0.2, 0.25) is 0 Å². The first-order valence-electron chi connectivity index (χ1n) is 6.67. The molecule has 1 aromatic carbocycles. The van der Waals surface area contributed by atoms with Gasteiger partial charge in [0, 0.05) is 37.9 Å². The van der Waals surface area contributed by atoms with Crippen molar-refractivity contribution in [1.82, 2.24) is 4.90 Å². The van der Waals surface area contributed by atoms with Crippen LogP contribution >= 0.6 is 0 Å². The van der Waals surface area contributed by atoms with Crippen molar-refractivity contribution in [3.05, 3.63) is 31.2 Å². The molecular formula is C15H23N2O. The van der Waals surface area contributed by atoms with Gasteiger partial charge in [-0.1, -0.05) is 6.92 Å². The number of anilines is 1. The molecule has 1 saturated heterocycles. The summed E-state index contributed by atoms with van der Waals surface area (Å²) < 4.78 is 5.19. The zero-order valence-electron chi connectivity index (χ0n) is 11.4. The maximum absolute atomic E-state index is 5.19. The summed E-state index contributed by atoms with van der Waals surface area (Å²) in [6, 6.07) is 8.93. The zero-order chi connectivity index (χ0) is 13.0. The van der Waals surface area contributed by atoms with E-state index in [-0.39, 0.29) is 0 Å². The third-order valence-electron chi connectivity index (χ3n) is 3.79. The molecule has 1 unspecified atom stereocenters. The van der Waals surface area contributed by atoms with E-state index in [0.717, 1.165) is 38.3 Å². The van der Waals surface area contributed by atoms with Crippen molar-refractivity contribution in [2.75, 3.05) is 38.2 Å². The van der Waals surface area contributed by atoms with E-state index in [0.29, 0.717) is 6.04 Å². The van der Waals surface area contributed by atoms with Crippen LogP contribution < -0.4 is 9.64 Å². The average Bonchev–Trinajstić information content (AvgIpc) is 2.47. The lowest BCUT2D eigenvalue weighted by Gasteiger charge is -2.39. The highest BCUT2D eigenvalue weighted by Gasteiger charge is 2.20. The highest BCUT2D eigenvalue weighted by atomic mass is 16.5. The van der Waals surface area contributed by atoms with Gasteiger partial charge in [-0.25, -0.2) is 0 Å². The van der Waals surface area contributed by atoms with Gasteiger partial charge >= 0.3 is 0 Å². The lowest BCUT2D eigenvalue weighted by atomic mass is 10.1. The Balaban J connectivity index is 1.92. The number of nitrogens with zero attached hydrogens (tertiary/aromatic N) is 2. The molecule has 0 spiro atoms. The van der Waals surface area contributed by atoms with E-state index in [4.69, 9.17) is 4.74 Å². The Bertz CT molecular complexity index is 355. The Morgan fingerprint density at radius 3 is 2.28 bits per heavy atom. The van der Waals surface area contributed by atoms with E-state index in [2.05, 4.69) is 35.8 Å². The van der Waals surface area contributed by atoms with Crippen LogP contribution in [0.1, 0.15) is 13.3 Å². The van der Waals surface area contributed by atoms with Crippen molar-refractivity contribution in [1.29, 1.82) is 0 Å². The summed E-state index contributed by atoms with van der Waals surface area (Å²) in [7, 11) is 1.70. The number of piperazine rings is 1. The largest absolute Gasteiger partial charge is 0.497 e. The fourth-order valence-corrected chi connectivity index (χ4v) is 2.40. The van der Waals surface area contributed by atoms with E-state index >= 15 is 0 Å². The molecule has 1 fully saturated rings. The molecule has 1 aliphatic rings. The molecule has 18 heavy (non-hydrogen) atoms. The summed E-state index contributed by atoms with van der Waals surface area (Å²) in [5.41, 5.74) is 1.29. The number of ether oxygens (including phenoxy) is 1. The van der Waals surface area contributed by atoms with Gasteiger partial charge in [-0.3, -0.25) is 4.90 Å². The van der Waals surface area contributed by atoms with Crippen molar-refractivity contribution in [2.45, 2.75) is 19.4 Å². The average molecular weight is 247 g/mol. The van der Waals surface area contributed by atoms with Gasteiger partial charge in [0.15, 0.2) is 0 Å². The van der Waals surface area contributed by atoms with E-state index in [1.54, 1.807) is 7.11 Å². The number of benzene rings is 1. The molecule has 1 aromatic rings. The highest BCUT2D eigenvalue weighted by molar-refractivity contribution is 5.49. The summed E-state index contributed by atoms with van der Waals surface area (Å²) in [4.78, 5) is 4.96. The van der Waals surface area contributed by atoms with Crippen molar-refractivity contribution >= 4 is 5.69 Å². The monoisotopic (exact) mass is 247 g/mol. The number of hydrogen-bond acceptors (Lipinski definition) is 3. The van der Waals surface area contributed by atoms with Crippen LogP contribution in [0, 0.1) is 6.92 Å². The van der Waals surface area contributed by atoms with Crippen molar-refractivity contribution < 1.29 is 4.74 Å². The van der Waals surface area contributed by atoms with Gasteiger partial charge in [0.1, 0.15) is 5.75 Å². The molecule has 0 bridgehead atoms. The molecule has 1 heterocycles. The second-order valence-electron chi connectivity index (χ2n) is 4.86. The molecule has 0 N–H and O–H groups in total. The minimum Gasteiger partial charge on any atom is -0.497 e. The molecular weight excluding hydrogens is 224 g/mol. The van der Waals surface area contributed by atoms with Gasteiger partial charge in [-0.2, -0.15) is 0 Å². The Morgan fingerprint density at radius 2 is 1.78 bits per heavy atom. The van der Waals surface area contributed by atoms with Crippen LogP contribution in [0.2, 0.25) is 0 Å². The maximum Gasteiger partial charge on any atom is 0.119 e. The minimum absolute atomic E-state index is 0.600. The maximum atomic E-state index is 5.19. The zero-order valence-corrected chi connectivity index (χ0v) is 11.4. The third-order valence-corrected chi connectivity index (χ3v) is 3.79. The van der Waals surface area contributed by atoms with Gasteiger partial charge in [-0.15, -0.1) is 0 Å². The second kappa shape index (κ2) is 6.10. The molecule has 1 radical (unpaired) electrons. The van der Waals surface area contributed by atoms with Crippen LogP contribution in [0.25, 0.3) is 0 Å². The molecule has 3 nitrogen and oxygen atoms in total. The molecule has 1 atom stereocenters. The Labute approximate surface area is 110 Å². The normalized spacial score (nSPS) is 18.7. The van der Waals surface area contributed by atoms with Crippen molar-refractivity contribution in [3.63, 3.8) is 0 Å². The lowest BCUT2D eigenvalue weighted by Crippen LogP contribution is -2.49. The highest BCUT2D eigenvalue weighted by Crippen LogP contribution is 2.21. The summed E-state index contributed by atoms with van der Waals surface area (Å²) in [6.07, 6.45) is 0.989. The topological polar surface area (TPSA) is 15.7 Å². The second-order valence-corrected chi connectivity index (χ2v) is 4.86. The van der Waals surface area contributed by atoms with E-state index in [1.807, 2.05) is 12.1 Å². The predicted molar refractivity (Wildman–Crippen MR) is 76.2 cm³/mol. The number of rotatable bonds is 4. The molecule has 1 aliphatic heterocycles. The molecule has 2 rings (SSSR count). The fraction of sp³-hybridized carbons (Fsp3) is 0.533. The van der Waals surface area contributed by atoms with Crippen molar-refractivity contribution in [3.8, 4) is 5.75 Å². The molecule has 0 aromatic heterocycles. The van der Waals surface area contributed by atoms with Crippen molar-refractivity contribution in [2.24, 2.45) is 0 Å². The van der Waals surface area contributed by atoms with Gasteiger partial charge in [0.05, 0.1) is 7.11 Å². The lowest BCUT2D eigenvalue weighted by molar-refractivity contribution is 0.197. The standard InChI is InChI=1S/C15H23N2O/c1-4-13(2)16-9-11-17(12-10-16)14-5-7-15(18-3)8-6-14/h5-8,13H,1,4,9-12H2,2-3H3. The van der Waals surface area contributed by atoms with Crippen LogP contribution in [0.5, 0.6) is 5.75 Å². The molecule has 0 saturated carbocycles. The van der Waals surface area contributed by atoms with Crippen LogP contribution in [-0.4, -0.2) is 44.2 Å². The fourth-order valence-electron chi connectivity index (χ4n) is 2.40. The Kier molecular flexibility index (Phi) is 4.48. The summed E-state index contributed by atoms with van der Waals surface area (Å²) in [5, 5.41) is 0. The first kappa shape index (κ1) is 13.2. The van der Waals surface area contributed by atoms with Crippen LogP contribution in [0.3, 0.4) is 0 Å². The van der Waals surface area contributed by atoms with E-state index < -0.39 is 0 Å². The molecule has 0 aliphatic carbocycles. The first-order chi connectivity index (χ1) is 8.74. The van der Waals surface area contributed by atoms with E-state index in [1.165, 1.54) is 5.69 Å². The van der Waals surface area contributed by atoms with E-state index in [9.17, 15) is 0 Å². The van der Waals surface area contributed by atoms with Gasteiger partial charge in [0.25, 0.3) is 0 Å². The number of methoxy groups -OCH3 is 1. The predicted octanol–water partition coefficient (Wildman–Crippen LogP) is 2.43. The molecule has 3 heteroatoms. The van der Waals surface area contributed by atoms with Crippen LogP contribution in [0.4, 0.5) is 5.69 Å². The Morgan fingerprint density at radius 1 is 1.17 bits per heavy atom. The minimum atomic E-state index is 0.600. The third kappa shape index (κ3) is 2.96. The molecule has 0 amide bonds. The van der Waals surface area contributed by atoms with Crippen LogP contribution in [-0.2, 0) is 0 Å². The number of hydrogen-bond donors (Lipinski definition) is 0. The summed E-state index contributed by atoms with van der Waals surface area (Å²) in [5.74, 6) is 0.920. The van der Waals surface area contributed by atoms with Crippen LogP contribution in [0.15, 0.2) is 24.3 Å². The quantitative estimate of drug-likeness (QED) is 0.812. The van der Waals surface area contributed by atoms with Gasteiger partial charge < -0.3 is 9.64 Å². The first-order valence-corrected chi connectivity index (χ1v) is 6.67. The Hall–Kier alpha value is -1.22. The summed E-state index contributed by atoms with van der Waals surface area (Å²) in [6.45, 7) is 10.7. The van der Waals surface area contributed by atoms with Gasteiger partial charge in [-0.05, 0) is 37.6 Å².